The normalized spacial score (nSPS) is 12.0. The van der Waals surface area contributed by atoms with E-state index < -0.39 is 10.0 Å². The highest BCUT2D eigenvalue weighted by atomic mass is 35.5. The van der Waals surface area contributed by atoms with E-state index >= 15 is 0 Å². The first kappa shape index (κ1) is 18.3. The van der Waals surface area contributed by atoms with Crippen LogP contribution < -0.4 is 0 Å². The Kier molecular flexibility index (Phi) is 8.13. The molecule has 0 unspecified atom stereocenters. The fourth-order valence-electron chi connectivity index (χ4n) is 1.67. The molecule has 6 nitrogen and oxygen atoms in total. The average Bonchev–Trinajstić information content (AvgIpc) is 2.46. The lowest BCUT2D eigenvalue weighted by Gasteiger charge is -2.22. The van der Waals surface area contributed by atoms with Crippen LogP contribution in [0.25, 0.3) is 0 Å². The van der Waals surface area contributed by atoms with E-state index in [1.165, 1.54) is 22.8 Å². The standard InChI is InChI=1S/C13H21ClN2O4S/c1-3-19-9-7-16(8-10-20-4-2)21(17,18)13-11-15-6-5-12(13)14/h5-6,11H,3-4,7-10H2,1-2H3. The van der Waals surface area contributed by atoms with Crippen LogP contribution >= 0.6 is 11.6 Å². The van der Waals surface area contributed by atoms with Gasteiger partial charge in [-0.3, -0.25) is 4.98 Å². The highest BCUT2D eigenvalue weighted by Crippen LogP contribution is 2.23. The number of hydrogen-bond acceptors (Lipinski definition) is 5. The molecule has 0 aliphatic rings. The molecular formula is C13H21ClN2O4S. The smallest absolute Gasteiger partial charge is 0.246 e. The summed E-state index contributed by atoms with van der Waals surface area (Å²) in [4.78, 5) is 3.83. The van der Waals surface area contributed by atoms with E-state index in [0.717, 1.165) is 0 Å². The van der Waals surface area contributed by atoms with Crippen LogP contribution in [-0.2, 0) is 19.5 Å². The van der Waals surface area contributed by atoms with Crippen LogP contribution in [-0.4, -0.2) is 57.2 Å². The maximum absolute atomic E-state index is 12.6. The molecule has 0 fully saturated rings. The van der Waals surface area contributed by atoms with Gasteiger partial charge in [0.15, 0.2) is 0 Å². The SMILES string of the molecule is CCOCCN(CCOCC)S(=O)(=O)c1cnccc1Cl. The Morgan fingerprint density at radius 3 is 2.24 bits per heavy atom. The summed E-state index contributed by atoms with van der Waals surface area (Å²) in [7, 11) is -3.71. The Morgan fingerprint density at radius 2 is 1.76 bits per heavy atom. The molecule has 0 saturated heterocycles. The topological polar surface area (TPSA) is 68.7 Å². The van der Waals surface area contributed by atoms with Gasteiger partial charge >= 0.3 is 0 Å². The van der Waals surface area contributed by atoms with Gasteiger partial charge in [-0.25, -0.2) is 8.42 Å². The third kappa shape index (κ3) is 5.52. The van der Waals surface area contributed by atoms with E-state index in [4.69, 9.17) is 21.1 Å². The molecule has 21 heavy (non-hydrogen) atoms. The molecule has 1 aromatic heterocycles. The number of sulfonamides is 1. The molecule has 0 spiro atoms. The van der Waals surface area contributed by atoms with Gasteiger partial charge in [-0.2, -0.15) is 4.31 Å². The summed E-state index contributed by atoms with van der Waals surface area (Å²) in [5.74, 6) is 0. The molecule has 0 saturated carbocycles. The first-order chi connectivity index (χ1) is 10.0. The largest absolute Gasteiger partial charge is 0.380 e. The van der Waals surface area contributed by atoms with Crippen molar-refractivity contribution in [1.82, 2.24) is 9.29 Å². The van der Waals surface area contributed by atoms with Crippen molar-refractivity contribution >= 4 is 21.6 Å². The number of pyridine rings is 1. The van der Waals surface area contributed by atoms with Crippen LogP contribution in [0.15, 0.2) is 23.4 Å². The van der Waals surface area contributed by atoms with Crippen LogP contribution in [0, 0.1) is 0 Å². The van der Waals surface area contributed by atoms with Crippen LogP contribution in [0.4, 0.5) is 0 Å². The van der Waals surface area contributed by atoms with E-state index in [1.54, 1.807) is 0 Å². The van der Waals surface area contributed by atoms with Crippen LogP contribution in [0.2, 0.25) is 5.02 Å². The van der Waals surface area contributed by atoms with E-state index in [0.29, 0.717) is 26.4 Å². The van der Waals surface area contributed by atoms with E-state index in [1.807, 2.05) is 13.8 Å². The molecule has 1 rings (SSSR count). The van der Waals surface area contributed by atoms with Crippen molar-refractivity contribution in [1.29, 1.82) is 0 Å². The highest BCUT2D eigenvalue weighted by Gasteiger charge is 2.26. The second kappa shape index (κ2) is 9.32. The number of rotatable bonds is 10. The van der Waals surface area contributed by atoms with E-state index in [9.17, 15) is 8.42 Å². The zero-order valence-electron chi connectivity index (χ0n) is 12.3. The van der Waals surface area contributed by atoms with Crippen molar-refractivity contribution in [2.45, 2.75) is 18.7 Å². The average molecular weight is 337 g/mol. The molecule has 8 heteroatoms. The Balaban J connectivity index is 2.90. The summed E-state index contributed by atoms with van der Waals surface area (Å²) in [5, 5.41) is 0.155. The summed E-state index contributed by atoms with van der Waals surface area (Å²) in [6.07, 6.45) is 2.71. The van der Waals surface area contributed by atoms with Crippen LogP contribution in [0.5, 0.6) is 0 Å². The van der Waals surface area contributed by atoms with Gasteiger partial charge in [-0.05, 0) is 19.9 Å². The minimum atomic E-state index is -3.71. The molecule has 0 bridgehead atoms. The highest BCUT2D eigenvalue weighted by molar-refractivity contribution is 7.89. The summed E-state index contributed by atoms with van der Waals surface area (Å²) in [6.45, 7) is 5.91. The van der Waals surface area contributed by atoms with Gasteiger partial charge in [0.25, 0.3) is 0 Å². The predicted molar refractivity (Wildman–Crippen MR) is 81.0 cm³/mol. The number of aromatic nitrogens is 1. The number of hydrogen-bond donors (Lipinski definition) is 0. The summed E-state index contributed by atoms with van der Waals surface area (Å²) >= 11 is 5.97. The molecule has 1 heterocycles. The van der Waals surface area contributed by atoms with Gasteiger partial charge in [-0.1, -0.05) is 11.6 Å². The molecule has 0 amide bonds. The van der Waals surface area contributed by atoms with Gasteiger partial charge in [0.1, 0.15) is 4.90 Å². The predicted octanol–water partition coefficient (Wildman–Crippen LogP) is 1.80. The maximum atomic E-state index is 12.6. The molecule has 120 valence electrons. The second-order valence-corrected chi connectivity index (χ2v) is 6.42. The van der Waals surface area contributed by atoms with Gasteiger partial charge in [0.05, 0.1) is 18.2 Å². The number of nitrogens with zero attached hydrogens (tertiary/aromatic N) is 2. The van der Waals surface area contributed by atoms with Crippen molar-refractivity contribution in [2.24, 2.45) is 0 Å². The molecular weight excluding hydrogens is 316 g/mol. The molecule has 0 radical (unpaired) electrons. The first-order valence-electron chi connectivity index (χ1n) is 6.79. The zero-order valence-corrected chi connectivity index (χ0v) is 13.9. The number of ether oxygens (including phenoxy) is 2. The number of halogens is 1. The Bertz CT molecular complexity index is 515. The minimum absolute atomic E-state index is 0.000311. The quantitative estimate of drug-likeness (QED) is 0.609. The van der Waals surface area contributed by atoms with E-state index in [-0.39, 0.29) is 23.0 Å². The third-order valence-electron chi connectivity index (χ3n) is 2.73. The molecule has 0 aliphatic heterocycles. The Morgan fingerprint density at radius 1 is 1.19 bits per heavy atom. The zero-order chi connectivity index (χ0) is 15.7. The van der Waals surface area contributed by atoms with Gasteiger partial charge < -0.3 is 9.47 Å². The Hall–Kier alpha value is -0.730. The molecule has 0 aromatic carbocycles. The second-order valence-electron chi connectivity index (χ2n) is 4.10. The van der Waals surface area contributed by atoms with Crippen molar-refractivity contribution in [3.05, 3.63) is 23.5 Å². The summed E-state index contributed by atoms with van der Waals surface area (Å²) < 4.78 is 37.0. The summed E-state index contributed by atoms with van der Waals surface area (Å²) in [5.41, 5.74) is 0. The lowest BCUT2D eigenvalue weighted by Crippen LogP contribution is -2.37. The molecule has 0 atom stereocenters. The molecule has 0 aliphatic carbocycles. The van der Waals surface area contributed by atoms with E-state index in [2.05, 4.69) is 4.98 Å². The van der Waals surface area contributed by atoms with Crippen molar-refractivity contribution in [3.63, 3.8) is 0 Å². The monoisotopic (exact) mass is 336 g/mol. The van der Waals surface area contributed by atoms with Crippen molar-refractivity contribution in [2.75, 3.05) is 39.5 Å². The van der Waals surface area contributed by atoms with Crippen LogP contribution in [0.1, 0.15) is 13.8 Å². The minimum Gasteiger partial charge on any atom is -0.380 e. The van der Waals surface area contributed by atoms with Gasteiger partial charge in [0.2, 0.25) is 10.0 Å². The van der Waals surface area contributed by atoms with Crippen LogP contribution in [0.3, 0.4) is 0 Å². The fraction of sp³-hybridized carbons (Fsp3) is 0.615. The van der Waals surface area contributed by atoms with Gasteiger partial charge in [-0.15, -0.1) is 0 Å². The lowest BCUT2D eigenvalue weighted by atomic mass is 10.5. The Labute approximate surface area is 131 Å². The molecule has 0 N–H and O–H groups in total. The molecule has 1 aromatic rings. The third-order valence-corrected chi connectivity index (χ3v) is 5.10. The van der Waals surface area contributed by atoms with Crippen molar-refractivity contribution in [3.8, 4) is 0 Å². The fourth-order valence-corrected chi connectivity index (χ4v) is 3.48. The van der Waals surface area contributed by atoms with Crippen molar-refractivity contribution < 1.29 is 17.9 Å². The first-order valence-corrected chi connectivity index (χ1v) is 8.61. The lowest BCUT2D eigenvalue weighted by molar-refractivity contribution is 0.110. The van der Waals surface area contributed by atoms with Gasteiger partial charge in [0, 0.05) is 38.7 Å². The maximum Gasteiger partial charge on any atom is 0.246 e. The summed E-state index contributed by atoms with van der Waals surface area (Å²) in [6, 6.07) is 1.46.